The topological polar surface area (TPSA) is 70.9 Å². The minimum Gasteiger partial charge on any atom is -0.377 e. The van der Waals surface area contributed by atoms with Gasteiger partial charge in [0, 0.05) is 20.0 Å². The molecule has 0 bridgehead atoms. The number of carbonyl (C=O) groups is 1. The van der Waals surface area contributed by atoms with E-state index in [9.17, 15) is 18.0 Å². The van der Waals surface area contributed by atoms with Crippen molar-refractivity contribution in [3.63, 3.8) is 0 Å². The number of carbonyl (C=O) groups excluding carboxylic acids is 1. The summed E-state index contributed by atoms with van der Waals surface area (Å²) >= 11 is -0.298. The Labute approximate surface area is 198 Å². The van der Waals surface area contributed by atoms with Crippen LogP contribution in [0.25, 0.3) is 5.52 Å². The Balaban J connectivity index is 1.58. The highest BCUT2D eigenvalue weighted by Gasteiger charge is 2.43. The summed E-state index contributed by atoms with van der Waals surface area (Å²) in [5, 5.41) is 9.89. The number of likely N-dealkylation sites (tertiary alicyclic amines) is 1. The summed E-state index contributed by atoms with van der Waals surface area (Å²) in [6.07, 6.45) is -0.639. The molecule has 2 aromatic heterocycles. The molecule has 0 unspecified atom stereocenters. The SMILES string of the molecule is CC(=O)NCC#Cc1nn2c(N[C@@H]3CCN(C4(C)COC4)C[C@@H]3F)cccc2c1SC(F)(F)F. The van der Waals surface area contributed by atoms with E-state index in [-0.39, 0.29) is 52.4 Å². The minimum absolute atomic E-state index is 0.0174. The predicted molar refractivity (Wildman–Crippen MR) is 120 cm³/mol. The zero-order chi connectivity index (χ0) is 24.5. The van der Waals surface area contributed by atoms with Crippen LogP contribution < -0.4 is 10.6 Å². The summed E-state index contributed by atoms with van der Waals surface area (Å²) in [5.74, 6) is 5.33. The van der Waals surface area contributed by atoms with Gasteiger partial charge in [0.1, 0.15) is 17.7 Å². The van der Waals surface area contributed by atoms with Crippen LogP contribution in [0.1, 0.15) is 26.0 Å². The Morgan fingerprint density at radius 3 is 2.76 bits per heavy atom. The first-order chi connectivity index (χ1) is 16.1. The molecule has 184 valence electrons. The van der Waals surface area contributed by atoms with Gasteiger partial charge in [-0.3, -0.25) is 9.69 Å². The summed E-state index contributed by atoms with van der Waals surface area (Å²) in [7, 11) is 0. The van der Waals surface area contributed by atoms with E-state index in [2.05, 4.69) is 39.4 Å². The lowest BCUT2D eigenvalue weighted by molar-refractivity contribution is -0.142. The van der Waals surface area contributed by atoms with Gasteiger partial charge in [-0.15, -0.1) is 0 Å². The highest BCUT2D eigenvalue weighted by molar-refractivity contribution is 8.00. The van der Waals surface area contributed by atoms with E-state index in [0.717, 1.165) is 0 Å². The highest BCUT2D eigenvalue weighted by Crippen LogP contribution is 2.41. The van der Waals surface area contributed by atoms with Crippen LogP contribution in [0.3, 0.4) is 0 Å². The molecular formula is C22H25F4N5O2S. The van der Waals surface area contributed by atoms with Crippen molar-refractivity contribution in [1.82, 2.24) is 19.8 Å². The van der Waals surface area contributed by atoms with Crippen LogP contribution in [0, 0.1) is 11.8 Å². The quantitative estimate of drug-likeness (QED) is 0.375. The van der Waals surface area contributed by atoms with E-state index in [1.54, 1.807) is 12.1 Å². The van der Waals surface area contributed by atoms with E-state index in [4.69, 9.17) is 4.74 Å². The number of nitrogens with zero attached hydrogens (tertiary/aromatic N) is 3. The van der Waals surface area contributed by atoms with Gasteiger partial charge < -0.3 is 15.4 Å². The van der Waals surface area contributed by atoms with Gasteiger partial charge in [-0.1, -0.05) is 12.0 Å². The molecule has 2 aliphatic heterocycles. The Kier molecular flexibility index (Phi) is 6.98. The third-order valence-corrected chi connectivity index (χ3v) is 6.76. The van der Waals surface area contributed by atoms with Crippen molar-refractivity contribution in [2.75, 3.05) is 38.2 Å². The number of hydrogen-bond donors (Lipinski definition) is 2. The van der Waals surface area contributed by atoms with Crippen LogP contribution in [0.5, 0.6) is 0 Å². The van der Waals surface area contributed by atoms with Crippen molar-refractivity contribution in [3.05, 3.63) is 23.9 Å². The van der Waals surface area contributed by atoms with Gasteiger partial charge in [0.2, 0.25) is 5.91 Å². The second-order valence-corrected chi connectivity index (χ2v) is 9.71. The Morgan fingerprint density at radius 2 is 2.15 bits per heavy atom. The molecule has 4 rings (SSSR count). The average Bonchev–Trinajstić information content (AvgIpc) is 3.07. The number of rotatable bonds is 5. The fraction of sp³-hybridized carbons (Fsp3) is 0.545. The van der Waals surface area contributed by atoms with E-state index < -0.39 is 17.7 Å². The van der Waals surface area contributed by atoms with Gasteiger partial charge in [0.15, 0.2) is 0 Å². The van der Waals surface area contributed by atoms with Crippen LogP contribution in [0.4, 0.5) is 23.4 Å². The molecule has 0 radical (unpaired) electrons. The monoisotopic (exact) mass is 499 g/mol. The summed E-state index contributed by atoms with van der Waals surface area (Å²) in [5.41, 5.74) is -4.54. The maximum atomic E-state index is 15.1. The summed E-state index contributed by atoms with van der Waals surface area (Å²) in [6.45, 7) is 5.44. The zero-order valence-electron chi connectivity index (χ0n) is 18.7. The number of pyridine rings is 1. The summed E-state index contributed by atoms with van der Waals surface area (Å²) in [4.78, 5) is 13.0. The van der Waals surface area contributed by atoms with Crippen LogP contribution >= 0.6 is 11.8 Å². The molecular weight excluding hydrogens is 474 g/mol. The zero-order valence-corrected chi connectivity index (χ0v) is 19.5. The van der Waals surface area contributed by atoms with E-state index >= 15 is 4.39 Å². The van der Waals surface area contributed by atoms with Crippen molar-refractivity contribution < 1.29 is 27.1 Å². The van der Waals surface area contributed by atoms with E-state index in [0.29, 0.717) is 32.0 Å². The molecule has 0 aliphatic carbocycles. The number of anilines is 1. The standard InChI is InChI=1S/C22H25F4N5O2S/c1-14(32)27-9-4-5-17-20(34-22(24,25)26)18-6-3-7-19(31(18)29-17)28-16-8-10-30(11-15(16)23)21(2)12-33-13-21/h3,6-7,15-16,28H,8-13H2,1-2H3,(H,27,32)/t15-,16+/m0/s1. The highest BCUT2D eigenvalue weighted by atomic mass is 32.2. The average molecular weight is 500 g/mol. The fourth-order valence-electron chi connectivity index (χ4n) is 4.08. The molecule has 0 spiro atoms. The first-order valence-corrected chi connectivity index (χ1v) is 11.6. The second-order valence-electron chi connectivity index (χ2n) is 8.64. The molecule has 7 nitrogen and oxygen atoms in total. The number of nitrogens with one attached hydrogen (secondary N) is 2. The predicted octanol–water partition coefficient (Wildman–Crippen LogP) is 3.05. The largest absolute Gasteiger partial charge is 0.446 e. The second kappa shape index (κ2) is 9.64. The molecule has 0 aromatic carbocycles. The molecule has 0 saturated carbocycles. The van der Waals surface area contributed by atoms with Crippen LogP contribution in [0.2, 0.25) is 0 Å². The number of piperidine rings is 1. The maximum Gasteiger partial charge on any atom is 0.446 e. The van der Waals surface area contributed by atoms with E-state index in [1.165, 1.54) is 17.5 Å². The molecule has 2 fully saturated rings. The molecule has 4 heterocycles. The lowest BCUT2D eigenvalue weighted by Crippen LogP contribution is -2.64. The van der Waals surface area contributed by atoms with Gasteiger partial charge in [0.25, 0.3) is 0 Å². The number of ether oxygens (including phenoxy) is 1. The lowest BCUT2D eigenvalue weighted by Gasteiger charge is -2.50. The Bertz CT molecular complexity index is 1120. The Morgan fingerprint density at radius 1 is 1.38 bits per heavy atom. The fourth-order valence-corrected chi connectivity index (χ4v) is 4.76. The van der Waals surface area contributed by atoms with Crippen LogP contribution in [0.15, 0.2) is 23.1 Å². The van der Waals surface area contributed by atoms with E-state index in [1.807, 2.05) is 0 Å². The van der Waals surface area contributed by atoms with Gasteiger partial charge in [-0.25, -0.2) is 8.91 Å². The normalized spacial score (nSPS) is 22.5. The molecule has 2 aliphatic rings. The molecule has 1 amide bonds. The number of thioether (sulfide) groups is 1. The number of aromatic nitrogens is 2. The summed E-state index contributed by atoms with van der Waals surface area (Å²) < 4.78 is 61.4. The number of halogens is 4. The van der Waals surface area contributed by atoms with Crippen LogP contribution in [-0.4, -0.2) is 76.5 Å². The number of hydrogen-bond acceptors (Lipinski definition) is 6. The number of alkyl halides is 4. The molecule has 2 N–H and O–H groups in total. The van der Waals surface area contributed by atoms with Gasteiger partial charge >= 0.3 is 5.51 Å². The van der Waals surface area contributed by atoms with Gasteiger partial charge in [-0.2, -0.15) is 18.3 Å². The number of fused-ring (bicyclic) bond motifs is 1. The molecule has 2 saturated heterocycles. The molecule has 2 aromatic rings. The summed E-state index contributed by atoms with van der Waals surface area (Å²) in [6, 6.07) is 4.25. The first-order valence-electron chi connectivity index (χ1n) is 10.8. The van der Waals surface area contributed by atoms with Crippen molar-refractivity contribution in [2.45, 2.75) is 48.4 Å². The maximum absolute atomic E-state index is 15.1. The van der Waals surface area contributed by atoms with Crippen molar-refractivity contribution in [2.24, 2.45) is 0 Å². The first kappa shape index (κ1) is 24.6. The Hall–Kier alpha value is -2.49. The minimum atomic E-state index is -4.54. The number of amides is 1. The third kappa shape index (κ3) is 5.42. The van der Waals surface area contributed by atoms with Crippen molar-refractivity contribution in [1.29, 1.82) is 0 Å². The van der Waals surface area contributed by atoms with Gasteiger partial charge in [-0.05, 0) is 43.2 Å². The third-order valence-electron chi connectivity index (χ3n) is 5.93. The van der Waals surface area contributed by atoms with Crippen LogP contribution in [-0.2, 0) is 9.53 Å². The molecule has 12 heteroatoms. The van der Waals surface area contributed by atoms with Crippen molar-refractivity contribution in [3.8, 4) is 11.8 Å². The molecule has 34 heavy (non-hydrogen) atoms. The smallest absolute Gasteiger partial charge is 0.377 e. The lowest BCUT2D eigenvalue weighted by atomic mass is 9.92. The van der Waals surface area contributed by atoms with Crippen molar-refractivity contribution >= 4 is 29.0 Å². The molecule has 2 atom stereocenters. The van der Waals surface area contributed by atoms with Gasteiger partial charge in [0.05, 0.1) is 41.8 Å².